The monoisotopic (exact) mass is 357 g/mol. The van der Waals surface area contributed by atoms with Gasteiger partial charge < -0.3 is 9.84 Å². The van der Waals surface area contributed by atoms with E-state index in [9.17, 15) is 4.79 Å². The molecule has 0 amide bonds. The zero-order chi connectivity index (χ0) is 14.7. The number of aromatic nitrogens is 3. The SMILES string of the molecule is COc1ccc(Br)c(-c2nc(SCC(=O)O)n(C)n2)c1. The van der Waals surface area contributed by atoms with Crippen LogP contribution < -0.4 is 4.74 Å². The van der Waals surface area contributed by atoms with Gasteiger partial charge in [-0.05, 0) is 18.2 Å². The molecule has 0 bridgehead atoms. The standard InChI is InChI=1S/C12H12BrN3O3S/c1-16-12(20-6-10(17)18)14-11(15-16)8-5-7(19-2)3-4-9(8)13/h3-5H,6H2,1-2H3,(H,17,18). The number of carboxylic acid groups (broad SMARTS) is 1. The van der Waals surface area contributed by atoms with E-state index in [0.29, 0.717) is 16.7 Å². The van der Waals surface area contributed by atoms with Gasteiger partial charge in [-0.3, -0.25) is 4.79 Å². The second-order valence-electron chi connectivity index (χ2n) is 3.87. The molecule has 0 saturated heterocycles. The minimum absolute atomic E-state index is 0.0503. The first-order valence-electron chi connectivity index (χ1n) is 5.61. The van der Waals surface area contributed by atoms with Gasteiger partial charge in [-0.1, -0.05) is 27.7 Å². The van der Waals surface area contributed by atoms with Crippen molar-refractivity contribution in [3.63, 3.8) is 0 Å². The molecule has 0 aliphatic heterocycles. The van der Waals surface area contributed by atoms with E-state index in [2.05, 4.69) is 26.0 Å². The number of carbonyl (C=O) groups is 1. The van der Waals surface area contributed by atoms with Crippen LogP contribution in [0.15, 0.2) is 27.8 Å². The third-order valence-electron chi connectivity index (χ3n) is 2.46. The molecule has 0 fully saturated rings. The van der Waals surface area contributed by atoms with Crippen LogP contribution >= 0.6 is 27.7 Å². The Labute approximate surface area is 128 Å². The average Bonchev–Trinajstić information content (AvgIpc) is 2.78. The molecular weight excluding hydrogens is 346 g/mol. The van der Waals surface area contributed by atoms with Gasteiger partial charge >= 0.3 is 5.97 Å². The van der Waals surface area contributed by atoms with Crippen LogP contribution in [0.5, 0.6) is 5.75 Å². The van der Waals surface area contributed by atoms with Gasteiger partial charge in [0, 0.05) is 17.1 Å². The minimum atomic E-state index is -0.887. The smallest absolute Gasteiger partial charge is 0.313 e. The Hall–Kier alpha value is -1.54. The summed E-state index contributed by atoms with van der Waals surface area (Å²) in [6, 6.07) is 5.51. The molecule has 2 rings (SSSR count). The fraction of sp³-hybridized carbons (Fsp3) is 0.250. The summed E-state index contributed by atoms with van der Waals surface area (Å²) in [5.74, 6) is 0.286. The van der Waals surface area contributed by atoms with Crippen molar-refractivity contribution in [1.29, 1.82) is 0 Å². The number of benzene rings is 1. The molecule has 0 spiro atoms. The number of ether oxygens (including phenoxy) is 1. The molecule has 1 aromatic heterocycles. The van der Waals surface area contributed by atoms with E-state index >= 15 is 0 Å². The van der Waals surface area contributed by atoms with Gasteiger partial charge in [0.2, 0.25) is 0 Å². The highest BCUT2D eigenvalue weighted by atomic mass is 79.9. The van der Waals surface area contributed by atoms with Crippen LogP contribution in [0.25, 0.3) is 11.4 Å². The van der Waals surface area contributed by atoms with Crippen molar-refractivity contribution < 1.29 is 14.6 Å². The fourth-order valence-corrected chi connectivity index (χ4v) is 2.59. The first-order chi connectivity index (χ1) is 9.51. The highest BCUT2D eigenvalue weighted by Gasteiger charge is 2.14. The van der Waals surface area contributed by atoms with E-state index in [4.69, 9.17) is 9.84 Å². The molecule has 6 nitrogen and oxygen atoms in total. The third-order valence-corrected chi connectivity index (χ3v) is 4.16. The number of methoxy groups -OCH3 is 1. The molecular formula is C12H12BrN3O3S. The molecule has 0 radical (unpaired) electrons. The third kappa shape index (κ3) is 3.31. The number of hydrogen-bond donors (Lipinski definition) is 1. The zero-order valence-corrected chi connectivity index (χ0v) is 13.2. The molecule has 0 aliphatic carbocycles. The largest absolute Gasteiger partial charge is 0.497 e. The van der Waals surface area contributed by atoms with Crippen molar-refractivity contribution in [3.05, 3.63) is 22.7 Å². The maximum absolute atomic E-state index is 10.6. The minimum Gasteiger partial charge on any atom is -0.497 e. The molecule has 1 heterocycles. The van der Waals surface area contributed by atoms with Crippen molar-refractivity contribution in [2.45, 2.75) is 5.16 Å². The van der Waals surface area contributed by atoms with Crippen LogP contribution in [0.3, 0.4) is 0 Å². The predicted molar refractivity (Wildman–Crippen MR) is 79.1 cm³/mol. The van der Waals surface area contributed by atoms with Crippen LogP contribution in [0, 0.1) is 0 Å². The van der Waals surface area contributed by atoms with E-state index in [1.54, 1.807) is 18.8 Å². The van der Waals surface area contributed by atoms with Crippen molar-refractivity contribution >= 4 is 33.7 Å². The summed E-state index contributed by atoms with van der Waals surface area (Å²) in [6.45, 7) is 0. The summed E-state index contributed by atoms with van der Waals surface area (Å²) in [4.78, 5) is 15.0. The number of thioether (sulfide) groups is 1. The lowest BCUT2D eigenvalue weighted by Crippen LogP contribution is -2.00. The lowest BCUT2D eigenvalue weighted by Gasteiger charge is -2.03. The number of rotatable bonds is 5. The van der Waals surface area contributed by atoms with Gasteiger partial charge in [-0.2, -0.15) is 5.10 Å². The molecule has 0 aliphatic rings. The maximum atomic E-state index is 10.6. The average molecular weight is 358 g/mol. The van der Waals surface area contributed by atoms with Crippen molar-refractivity contribution in [2.24, 2.45) is 7.05 Å². The number of carboxylic acids is 1. The summed E-state index contributed by atoms with van der Waals surface area (Å²) < 4.78 is 7.59. The topological polar surface area (TPSA) is 77.2 Å². The van der Waals surface area contributed by atoms with Gasteiger partial charge in [0.1, 0.15) is 5.75 Å². The van der Waals surface area contributed by atoms with Gasteiger partial charge in [0.15, 0.2) is 11.0 Å². The van der Waals surface area contributed by atoms with Crippen molar-refractivity contribution in [2.75, 3.05) is 12.9 Å². The Bertz CT molecular complexity index is 645. The Morgan fingerprint density at radius 1 is 1.55 bits per heavy atom. The van der Waals surface area contributed by atoms with E-state index in [0.717, 1.165) is 21.8 Å². The Morgan fingerprint density at radius 3 is 2.95 bits per heavy atom. The van der Waals surface area contributed by atoms with E-state index in [1.807, 2.05) is 18.2 Å². The molecule has 1 aromatic carbocycles. The normalized spacial score (nSPS) is 10.6. The number of nitrogens with zero attached hydrogens (tertiary/aromatic N) is 3. The number of aliphatic carboxylic acids is 1. The second kappa shape index (κ2) is 6.27. The lowest BCUT2D eigenvalue weighted by atomic mass is 10.2. The van der Waals surface area contributed by atoms with Gasteiger partial charge in [0.05, 0.1) is 12.9 Å². The number of aryl methyl sites for hydroxylation is 1. The highest BCUT2D eigenvalue weighted by Crippen LogP contribution is 2.30. The first kappa shape index (κ1) is 14.9. The molecule has 1 N–H and O–H groups in total. The molecule has 2 aromatic rings. The van der Waals surface area contributed by atoms with Crippen LogP contribution in [0.2, 0.25) is 0 Å². The zero-order valence-electron chi connectivity index (χ0n) is 10.8. The summed E-state index contributed by atoms with van der Waals surface area (Å²) >= 11 is 4.58. The van der Waals surface area contributed by atoms with Crippen molar-refractivity contribution in [3.8, 4) is 17.1 Å². The summed E-state index contributed by atoms with van der Waals surface area (Å²) in [5, 5.41) is 13.6. The van der Waals surface area contributed by atoms with Gasteiger partial charge in [0.25, 0.3) is 0 Å². The lowest BCUT2D eigenvalue weighted by molar-refractivity contribution is -0.133. The van der Waals surface area contributed by atoms with E-state index in [1.165, 1.54) is 0 Å². The fourth-order valence-electron chi connectivity index (χ4n) is 1.54. The molecule has 0 saturated carbocycles. The quantitative estimate of drug-likeness (QED) is 0.828. The second-order valence-corrected chi connectivity index (χ2v) is 5.67. The summed E-state index contributed by atoms with van der Waals surface area (Å²) in [5.41, 5.74) is 0.794. The van der Waals surface area contributed by atoms with Crippen LogP contribution in [-0.2, 0) is 11.8 Å². The van der Waals surface area contributed by atoms with Crippen LogP contribution in [0.1, 0.15) is 0 Å². The van der Waals surface area contributed by atoms with Crippen molar-refractivity contribution in [1.82, 2.24) is 14.8 Å². The number of halogens is 1. The molecule has 0 atom stereocenters. The number of hydrogen-bond acceptors (Lipinski definition) is 5. The molecule has 20 heavy (non-hydrogen) atoms. The highest BCUT2D eigenvalue weighted by molar-refractivity contribution is 9.10. The first-order valence-corrected chi connectivity index (χ1v) is 7.38. The van der Waals surface area contributed by atoms with Gasteiger partial charge in [-0.15, -0.1) is 0 Å². The maximum Gasteiger partial charge on any atom is 0.313 e. The van der Waals surface area contributed by atoms with Crippen LogP contribution in [-0.4, -0.2) is 38.7 Å². The molecule has 106 valence electrons. The molecule has 8 heteroatoms. The van der Waals surface area contributed by atoms with E-state index < -0.39 is 5.97 Å². The predicted octanol–water partition coefficient (Wildman–Crippen LogP) is 2.43. The van der Waals surface area contributed by atoms with Gasteiger partial charge in [-0.25, -0.2) is 9.67 Å². The summed E-state index contributed by atoms with van der Waals surface area (Å²) in [7, 11) is 3.32. The van der Waals surface area contributed by atoms with Crippen LogP contribution in [0.4, 0.5) is 0 Å². The Balaban J connectivity index is 2.34. The molecule has 0 unspecified atom stereocenters. The Kier molecular flexibility index (Phi) is 4.66. The Morgan fingerprint density at radius 2 is 2.30 bits per heavy atom. The summed E-state index contributed by atoms with van der Waals surface area (Å²) in [6.07, 6.45) is 0. The van der Waals surface area contributed by atoms with E-state index in [-0.39, 0.29) is 5.75 Å².